The van der Waals surface area contributed by atoms with Gasteiger partial charge in [0, 0.05) is 56.3 Å². The Morgan fingerprint density at radius 1 is 1.23 bits per heavy atom. The van der Waals surface area contributed by atoms with Crippen molar-refractivity contribution in [3.63, 3.8) is 0 Å². The van der Waals surface area contributed by atoms with Crippen LogP contribution in [-0.4, -0.2) is 42.9 Å². The number of nitrogens with zero attached hydrogens (tertiary/aromatic N) is 4. The fourth-order valence-corrected chi connectivity index (χ4v) is 3.80. The molecule has 0 bridgehead atoms. The number of allylic oxidation sites excluding steroid dienone is 1. The summed E-state index contributed by atoms with van der Waals surface area (Å²) in [6, 6.07) is 8.43. The Labute approximate surface area is 207 Å². The topological polar surface area (TPSA) is 79.2 Å². The molecule has 2 aliphatic rings. The number of carbonyl (C=O) groups excluding carboxylic acids is 1. The summed E-state index contributed by atoms with van der Waals surface area (Å²) in [5.41, 5.74) is 2.87. The van der Waals surface area contributed by atoms with Crippen LogP contribution in [0.2, 0.25) is 0 Å². The maximum atomic E-state index is 13.0. The molecule has 1 fully saturated rings. The van der Waals surface area contributed by atoms with E-state index >= 15 is 0 Å². The third-order valence-electron chi connectivity index (χ3n) is 5.39. The van der Waals surface area contributed by atoms with Crippen LogP contribution in [0.3, 0.4) is 0 Å². The third-order valence-corrected chi connectivity index (χ3v) is 5.39. The van der Waals surface area contributed by atoms with E-state index in [1.807, 2.05) is 19.9 Å². The number of alkyl halides is 1. The van der Waals surface area contributed by atoms with E-state index in [1.165, 1.54) is 13.3 Å². The van der Waals surface area contributed by atoms with Gasteiger partial charge in [0.1, 0.15) is 17.9 Å². The first-order chi connectivity index (χ1) is 16.5. The van der Waals surface area contributed by atoms with Crippen LogP contribution in [-0.2, 0) is 0 Å². The van der Waals surface area contributed by atoms with Gasteiger partial charge >= 0.3 is 0 Å². The molecule has 2 aromatic rings. The van der Waals surface area contributed by atoms with Gasteiger partial charge in [-0.25, -0.2) is 19.4 Å². The summed E-state index contributed by atoms with van der Waals surface area (Å²) >= 11 is 0. The molecule has 0 saturated carbocycles. The van der Waals surface area contributed by atoms with Gasteiger partial charge in [-0.1, -0.05) is 28.2 Å². The maximum Gasteiger partial charge on any atom is 0.257 e. The third kappa shape index (κ3) is 7.47. The summed E-state index contributed by atoms with van der Waals surface area (Å²) in [5, 5.41) is 2.86. The normalized spacial score (nSPS) is 17.3. The lowest BCUT2D eigenvalue weighted by molar-refractivity contribution is 0.0860. The van der Waals surface area contributed by atoms with Crippen LogP contribution >= 0.6 is 0 Å². The molecule has 0 aliphatic carbocycles. The number of carbonyl (C=O) groups is 1. The van der Waals surface area contributed by atoms with Gasteiger partial charge in [-0.3, -0.25) is 4.79 Å². The second kappa shape index (κ2) is 13.4. The first-order valence-corrected chi connectivity index (χ1v) is 11.7. The summed E-state index contributed by atoms with van der Waals surface area (Å²) in [7, 11) is 0. The molecule has 1 N–H and O–H groups in total. The van der Waals surface area contributed by atoms with Gasteiger partial charge in [0.05, 0.1) is 5.56 Å². The zero-order valence-corrected chi connectivity index (χ0v) is 20.2. The summed E-state index contributed by atoms with van der Waals surface area (Å²) in [6.07, 6.45) is 7.01. The van der Waals surface area contributed by atoms with E-state index in [4.69, 9.17) is 4.74 Å². The molecule has 7 nitrogen and oxygen atoms in total. The molecule has 1 aromatic heterocycles. The van der Waals surface area contributed by atoms with E-state index in [2.05, 4.69) is 32.1 Å². The number of hydrogen-bond acceptors (Lipinski definition) is 6. The number of pyridine rings is 1. The first-order valence-electron chi connectivity index (χ1n) is 11.7. The fraction of sp³-hybridized carbons (Fsp3) is 0.407. The number of nitrogens with one attached hydrogen (secondary N) is 1. The Morgan fingerprint density at radius 3 is 2.63 bits per heavy atom. The van der Waals surface area contributed by atoms with E-state index in [-0.39, 0.29) is 13.3 Å². The molecule has 2 aliphatic heterocycles. The largest absolute Gasteiger partial charge is 0.461 e. The van der Waals surface area contributed by atoms with Crippen molar-refractivity contribution in [3.05, 3.63) is 53.9 Å². The highest BCUT2D eigenvalue weighted by Crippen LogP contribution is 2.32. The van der Waals surface area contributed by atoms with E-state index < -0.39 is 6.36 Å². The SMILES string of the molecule is C.CC.CC1CCN(c2ncc(C(=O)Nc3ccc(OC(C)F)cc3)cc2C2=CN=CN=CC2)C1. The number of benzene rings is 1. The van der Waals surface area contributed by atoms with Gasteiger partial charge in [-0.15, -0.1) is 0 Å². The minimum absolute atomic E-state index is 0. The van der Waals surface area contributed by atoms with Crippen molar-refractivity contribution in [2.45, 2.75) is 54.3 Å². The van der Waals surface area contributed by atoms with Crippen LogP contribution in [0.15, 0.2) is 52.7 Å². The highest BCUT2D eigenvalue weighted by atomic mass is 19.1. The second-order valence-electron chi connectivity index (χ2n) is 8.03. The first kappa shape index (κ1) is 27.7. The maximum absolute atomic E-state index is 13.0. The van der Waals surface area contributed by atoms with Crippen LogP contribution < -0.4 is 15.0 Å². The lowest BCUT2D eigenvalue weighted by atomic mass is 10.0. The highest BCUT2D eigenvalue weighted by molar-refractivity contribution is 6.05. The van der Waals surface area contributed by atoms with Crippen LogP contribution in [0.25, 0.3) is 5.57 Å². The molecule has 4 rings (SSSR count). The van der Waals surface area contributed by atoms with Crippen molar-refractivity contribution in [2.24, 2.45) is 15.9 Å². The number of aromatic nitrogens is 1. The molecule has 0 spiro atoms. The van der Waals surface area contributed by atoms with Gasteiger partial charge in [0.15, 0.2) is 0 Å². The van der Waals surface area contributed by atoms with Gasteiger partial charge in [-0.2, -0.15) is 0 Å². The van der Waals surface area contributed by atoms with Crippen LogP contribution in [0.1, 0.15) is 63.9 Å². The molecular weight excluding hydrogens is 445 g/mol. The van der Waals surface area contributed by atoms with Crippen molar-refractivity contribution in [2.75, 3.05) is 23.3 Å². The number of halogens is 1. The molecule has 2 atom stereocenters. The zero-order valence-electron chi connectivity index (χ0n) is 20.2. The standard InChI is InChI=1S/C24H26FN5O2.C2H6.CH4/c1-16-8-10-30(14-16)23-22(18-7-9-26-15-27-12-18)11-19(13-28-23)24(31)29-20-3-5-21(6-4-20)32-17(2)25;1-2;/h3-6,9,11-13,15-17H,7-8,10,14H2,1-2H3,(H,29,31);1-2H3;1H4. The Balaban J connectivity index is 0.00000140. The number of hydrogen-bond donors (Lipinski definition) is 1. The average molecular weight is 482 g/mol. The Bertz CT molecular complexity index is 1060. The summed E-state index contributed by atoms with van der Waals surface area (Å²) < 4.78 is 18.0. The Kier molecular flexibility index (Phi) is 10.6. The number of amides is 1. The fourth-order valence-electron chi connectivity index (χ4n) is 3.80. The lowest BCUT2D eigenvalue weighted by Gasteiger charge is -2.22. The predicted octanol–water partition coefficient (Wildman–Crippen LogP) is 6.38. The number of ether oxygens (including phenoxy) is 1. The van der Waals surface area contributed by atoms with Crippen molar-refractivity contribution in [3.8, 4) is 5.75 Å². The lowest BCUT2D eigenvalue weighted by Crippen LogP contribution is -2.23. The van der Waals surface area contributed by atoms with Crippen molar-refractivity contribution < 1.29 is 13.9 Å². The molecule has 2 unspecified atom stereocenters. The molecule has 0 radical (unpaired) electrons. The minimum atomic E-state index is -1.40. The molecule has 35 heavy (non-hydrogen) atoms. The van der Waals surface area contributed by atoms with E-state index in [0.29, 0.717) is 29.3 Å². The number of aliphatic imine (C=N–C) groups is 2. The molecule has 3 heterocycles. The molecule has 1 aromatic carbocycles. The number of anilines is 2. The predicted molar refractivity (Wildman–Crippen MR) is 143 cm³/mol. The number of rotatable bonds is 6. The molecule has 8 heteroatoms. The van der Waals surface area contributed by atoms with Crippen molar-refractivity contribution in [1.82, 2.24) is 4.98 Å². The quantitative estimate of drug-likeness (QED) is 0.519. The van der Waals surface area contributed by atoms with Crippen LogP contribution in [0.4, 0.5) is 15.9 Å². The smallest absolute Gasteiger partial charge is 0.257 e. The molecule has 1 saturated heterocycles. The van der Waals surface area contributed by atoms with Gasteiger partial charge in [0.2, 0.25) is 6.36 Å². The van der Waals surface area contributed by atoms with Crippen LogP contribution in [0, 0.1) is 5.92 Å². The summed E-state index contributed by atoms with van der Waals surface area (Å²) in [4.78, 5) is 28.2. The Morgan fingerprint density at radius 2 is 1.97 bits per heavy atom. The summed E-state index contributed by atoms with van der Waals surface area (Å²) in [6.45, 7) is 9.41. The van der Waals surface area contributed by atoms with Crippen molar-refractivity contribution in [1.29, 1.82) is 0 Å². The summed E-state index contributed by atoms with van der Waals surface area (Å²) in [5.74, 6) is 1.58. The van der Waals surface area contributed by atoms with E-state index in [1.54, 1.807) is 42.9 Å². The Hall–Kier alpha value is -3.55. The molecular formula is C27H36FN5O2. The van der Waals surface area contributed by atoms with Gasteiger partial charge in [-0.05, 0) is 48.2 Å². The highest BCUT2D eigenvalue weighted by Gasteiger charge is 2.24. The minimum Gasteiger partial charge on any atom is -0.461 e. The van der Waals surface area contributed by atoms with Crippen molar-refractivity contribution >= 4 is 35.5 Å². The second-order valence-corrected chi connectivity index (χ2v) is 8.03. The zero-order chi connectivity index (χ0) is 24.5. The molecule has 1 amide bonds. The average Bonchev–Trinajstić information content (AvgIpc) is 3.09. The van der Waals surface area contributed by atoms with Gasteiger partial charge < -0.3 is 15.0 Å². The molecule has 188 valence electrons. The van der Waals surface area contributed by atoms with Gasteiger partial charge in [0.25, 0.3) is 5.91 Å². The van der Waals surface area contributed by atoms with Crippen LogP contribution in [0.5, 0.6) is 5.75 Å². The van der Waals surface area contributed by atoms with E-state index in [0.717, 1.165) is 36.5 Å². The van der Waals surface area contributed by atoms with E-state index in [9.17, 15) is 9.18 Å². The monoisotopic (exact) mass is 481 g/mol.